The molecule has 0 aliphatic rings. The molecule has 0 spiro atoms. The topological polar surface area (TPSA) is 58.2 Å². The number of hydrogen-bond donors (Lipinski definition) is 2. The van der Waals surface area contributed by atoms with Crippen LogP contribution in [0, 0.1) is 13.8 Å². The normalized spacial score (nSPS) is 11.6. The second-order valence-corrected chi connectivity index (χ2v) is 5.25. The molecule has 2 aromatic rings. The lowest BCUT2D eigenvalue weighted by molar-refractivity contribution is -0.122. The lowest BCUT2D eigenvalue weighted by Gasteiger charge is -2.18. The van der Waals surface area contributed by atoms with Crippen LogP contribution in [-0.2, 0) is 4.79 Å². The molecule has 2 rings (SSSR count). The first kappa shape index (κ1) is 15.8. The third-order valence-corrected chi connectivity index (χ3v) is 3.54. The summed E-state index contributed by atoms with van der Waals surface area (Å²) in [7, 11) is 1.56. The van der Waals surface area contributed by atoms with Crippen molar-refractivity contribution in [1.82, 2.24) is 10.6 Å². The van der Waals surface area contributed by atoms with Crippen LogP contribution in [0.4, 0.5) is 0 Å². The van der Waals surface area contributed by atoms with Gasteiger partial charge in [0.2, 0.25) is 5.91 Å². The fourth-order valence-corrected chi connectivity index (χ4v) is 2.37. The molecule has 0 aromatic heterocycles. The van der Waals surface area contributed by atoms with Crippen molar-refractivity contribution in [2.75, 3.05) is 7.05 Å². The van der Waals surface area contributed by atoms with E-state index in [4.69, 9.17) is 0 Å². The highest BCUT2D eigenvalue weighted by molar-refractivity contribution is 5.98. The minimum atomic E-state index is -0.709. The summed E-state index contributed by atoms with van der Waals surface area (Å²) in [5.41, 5.74) is 3.32. The molecule has 2 N–H and O–H groups in total. The molecule has 0 fully saturated rings. The Morgan fingerprint density at radius 3 is 2.27 bits per heavy atom. The maximum absolute atomic E-state index is 12.5. The molecule has 0 bridgehead atoms. The lowest BCUT2D eigenvalue weighted by Crippen LogP contribution is -2.39. The van der Waals surface area contributed by atoms with Crippen molar-refractivity contribution < 1.29 is 9.59 Å². The Morgan fingerprint density at radius 1 is 1.00 bits per heavy atom. The van der Waals surface area contributed by atoms with Crippen molar-refractivity contribution in [2.45, 2.75) is 19.9 Å². The number of carbonyl (C=O) groups is 2. The van der Waals surface area contributed by atoms with Gasteiger partial charge in [-0.1, -0.05) is 48.0 Å². The van der Waals surface area contributed by atoms with Crippen molar-refractivity contribution in [3.63, 3.8) is 0 Å². The van der Waals surface area contributed by atoms with Crippen LogP contribution in [0.25, 0.3) is 0 Å². The Kier molecular flexibility index (Phi) is 4.94. The molecule has 22 heavy (non-hydrogen) atoms. The minimum absolute atomic E-state index is 0.246. The van der Waals surface area contributed by atoms with E-state index in [0.717, 1.165) is 16.7 Å². The van der Waals surface area contributed by atoms with Crippen LogP contribution in [0.1, 0.15) is 33.1 Å². The van der Waals surface area contributed by atoms with Gasteiger partial charge in [0.25, 0.3) is 5.91 Å². The molecule has 0 aliphatic carbocycles. The molecule has 2 aromatic carbocycles. The highest BCUT2D eigenvalue weighted by atomic mass is 16.2. The second-order valence-electron chi connectivity index (χ2n) is 5.25. The quantitative estimate of drug-likeness (QED) is 0.911. The summed E-state index contributed by atoms with van der Waals surface area (Å²) in [4.78, 5) is 24.6. The van der Waals surface area contributed by atoms with Gasteiger partial charge in [-0.15, -0.1) is 0 Å². The minimum Gasteiger partial charge on any atom is -0.357 e. The summed E-state index contributed by atoms with van der Waals surface area (Å²) in [5, 5.41) is 5.40. The first-order valence-electron chi connectivity index (χ1n) is 7.17. The third kappa shape index (κ3) is 3.52. The molecular weight excluding hydrogens is 276 g/mol. The third-order valence-electron chi connectivity index (χ3n) is 3.54. The van der Waals surface area contributed by atoms with Crippen LogP contribution in [0.15, 0.2) is 48.5 Å². The second kappa shape index (κ2) is 6.89. The van der Waals surface area contributed by atoms with E-state index in [-0.39, 0.29) is 11.8 Å². The van der Waals surface area contributed by atoms with Gasteiger partial charge in [-0.05, 0) is 31.0 Å². The molecule has 4 heteroatoms. The summed E-state index contributed by atoms with van der Waals surface area (Å²) in [6.07, 6.45) is 0. The number of likely N-dealkylation sites (N-methyl/N-ethyl adjacent to an activating group) is 1. The zero-order chi connectivity index (χ0) is 16.1. The first-order chi connectivity index (χ1) is 10.5. The van der Waals surface area contributed by atoms with Gasteiger partial charge in [-0.2, -0.15) is 0 Å². The van der Waals surface area contributed by atoms with Crippen molar-refractivity contribution in [3.8, 4) is 0 Å². The van der Waals surface area contributed by atoms with Gasteiger partial charge in [0.15, 0.2) is 0 Å². The van der Waals surface area contributed by atoms with E-state index in [1.54, 1.807) is 13.1 Å². The van der Waals surface area contributed by atoms with Crippen molar-refractivity contribution in [2.24, 2.45) is 0 Å². The number of nitrogens with one attached hydrogen (secondary N) is 2. The molecule has 0 aliphatic heterocycles. The Balaban J connectivity index is 2.27. The maximum Gasteiger partial charge on any atom is 0.252 e. The monoisotopic (exact) mass is 296 g/mol. The smallest absolute Gasteiger partial charge is 0.252 e. The molecule has 0 radical (unpaired) electrons. The fourth-order valence-electron chi connectivity index (χ4n) is 2.37. The molecule has 4 nitrogen and oxygen atoms in total. The predicted octanol–water partition coefficient (Wildman–Crippen LogP) is 2.52. The van der Waals surface area contributed by atoms with Crippen LogP contribution in [-0.4, -0.2) is 18.9 Å². The zero-order valence-corrected chi connectivity index (χ0v) is 13.0. The van der Waals surface area contributed by atoms with Gasteiger partial charge in [0, 0.05) is 12.6 Å². The van der Waals surface area contributed by atoms with Crippen molar-refractivity contribution in [1.29, 1.82) is 0 Å². The summed E-state index contributed by atoms with van der Waals surface area (Å²) >= 11 is 0. The molecule has 1 atom stereocenters. The van der Waals surface area contributed by atoms with Gasteiger partial charge in [0.05, 0.1) is 0 Å². The standard InChI is InChI=1S/C18H20N2O2/c1-12-9-10-15(13(2)11-12)17(21)20-16(18(22)19-3)14-7-5-4-6-8-14/h4-11,16H,1-3H3,(H,19,22)(H,20,21). The van der Waals surface area contributed by atoms with Gasteiger partial charge < -0.3 is 10.6 Å². The number of carbonyl (C=O) groups excluding carboxylic acids is 2. The number of benzene rings is 2. The van der Waals surface area contributed by atoms with E-state index >= 15 is 0 Å². The van der Waals surface area contributed by atoms with Gasteiger partial charge in [-0.3, -0.25) is 9.59 Å². The van der Waals surface area contributed by atoms with E-state index in [1.165, 1.54) is 0 Å². The van der Waals surface area contributed by atoms with Crippen molar-refractivity contribution in [3.05, 3.63) is 70.8 Å². The maximum atomic E-state index is 12.5. The van der Waals surface area contributed by atoms with Gasteiger partial charge in [0.1, 0.15) is 6.04 Å². The average Bonchev–Trinajstić information content (AvgIpc) is 2.52. The Morgan fingerprint density at radius 2 is 1.68 bits per heavy atom. The van der Waals surface area contributed by atoms with Gasteiger partial charge in [-0.25, -0.2) is 0 Å². The van der Waals surface area contributed by atoms with Crippen LogP contribution in [0.2, 0.25) is 0 Å². The summed E-state index contributed by atoms with van der Waals surface area (Å²) in [6, 6.07) is 14.1. The van der Waals surface area contributed by atoms with E-state index in [0.29, 0.717) is 5.56 Å². The zero-order valence-electron chi connectivity index (χ0n) is 13.0. The van der Waals surface area contributed by atoms with E-state index < -0.39 is 6.04 Å². The summed E-state index contributed by atoms with van der Waals surface area (Å²) < 4.78 is 0. The molecule has 0 saturated carbocycles. The Labute approximate surface area is 130 Å². The number of amides is 2. The highest BCUT2D eigenvalue weighted by Gasteiger charge is 2.22. The molecule has 0 saturated heterocycles. The van der Waals surface area contributed by atoms with Crippen LogP contribution in [0.3, 0.4) is 0 Å². The average molecular weight is 296 g/mol. The van der Waals surface area contributed by atoms with E-state index in [2.05, 4.69) is 10.6 Å². The summed E-state index contributed by atoms with van der Waals surface area (Å²) in [6.45, 7) is 3.87. The van der Waals surface area contributed by atoms with Crippen LogP contribution >= 0.6 is 0 Å². The summed E-state index contributed by atoms with van der Waals surface area (Å²) in [5.74, 6) is -0.501. The lowest BCUT2D eigenvalue weighted by atomic mass is 10.0. The van der Waals surface area contributed by atoms with E-state index in [1.807, 2.05) is 56.3 Å². The fraction of sp³-hybridized carbons (Fsp3) is 0.222. The molecule has 0 heterocycles. The SMILES string of the molecule is CNC(=O)C(NC(=O)c1ccc(C)cc1C)c1ccccc1. The molecule has 1 unspecified atom stereocenters. The van der Waals surface area contributed by atoms with Crippen LogP contribution < -0.4 is 10.6 Å². The molecule has 2 amide bonds. The van der Waals surface area contributed by atoms with Gasteiger partial charge >= 0.3 is 0 Å². The predicted molar refractivity (Wildman–Crippen MR) is 86.6 cm³/mol. The van der Waals surface area contributed by atoms with E-state index in [9.17, 15) is 9.59 Å². The largest absolute Gasteiger partial charge is 0.357 e. The Bertz CT molecular complexity index is 681. The Hall–Kier alpha value is -2.62. The number of aryl methyl sites for hydroxylation is 2. The number of hydrogen-bond acceptors (Lipinski definition) is 2. The molecular formula is C18H20N2O2. The highest BCUT2D eigenvalue weighted by Crippen LogP contribution is 2.16. The number of rotatable bonds is 4. The van der Waals surface area contributed by atoms with Crippen molar-refractivity contribution >= 4 is 11.8 Å². The van der Waals surface area contributed by atoms with Crippen LogP contribution in [0.5, 0.6) is 0 Å². The molecule has 114 valence electrons. The first-order valence-corrected chi connectivity index (χ1v) is 7.17.